The van der Waals surface area contributed by atoms with Gasteiger partial charge in [0.15, 0.2) is 0 Å². The summed E-state index contributed by atoms with van der Waals surface area (Å²) in [6, 6.07) is 10.9. The number of halogens is 5. The molecule has 6 heteroatoms. The normalized spacial score (nSPS) is 11.4. The van der Waals surface area contributed by atoms with Crippen LogP contribution in [0.1, 0.15) is 11.1 Å². The zero-order chi connectivity index (χ0) is 14.8. The summed E-state index contributed by atoms with van der Waals surface area (Å²) in [7, 11) is 0. The van der Waals surface area contributed by atoms with Gasteiger partial charge in [0.05, 0.1) is 5.56 Å². The maximum atomic E-state index is 12.7. The first-order chi connectivity index (χ1) is 9.36. The van der Waals surface area contributed by atoms with E-state index >= 15 is 0 Å². The predicted molar refractivity (Wildman–Crippen MR) is 77.9 cm³/mol. The van der Waals surface area contributed by atoms with E-state index in [0.29, 0.717) is 12.2 Å². The van der Waals surface area contributed by atoms with Crippen molar-refractivity contribution in [2.75, 3.05) is 5.32 Å². The van der Waals surface area contributed by atoms with Gasteiger partial charge in [0.2, 0.25) is 0 Å². The number of rotatable bonds is 3. The van der Waals surface area contributed by atoms with Gasteiger partial charge in [-0.15, -0.1) is 0 Å². The second-order valence-electron chi connectivity index (χ2n) is 4.17. The molecule has 106 valence electrons. The van der Waals surface area contributed by atoms with Crippen molar-refractivity contribution in [2.24, 2.45) is 0 Å². The maximum absolute atomic E-state index is 12.7. The third-order valence-corrected chi connectivity index (χ3v) is 3.66. The molecule has 0 saturated heterocycles. The molecule has 1 N–H and O–H groups in total. The smallest absolute Gasteiger partial charge is 0.381 e. The van der Waals surface area contributed by atoms with Crippen LogP contribution in [0, 0.1) is 0 Å². The first kappa shape index (κ1) is 15.2. The molecule has 1 nitrogen and oxygen atoms in total. The number of benzene rings is 2. The molecule has 2 aromatic rings. The van der Waals surface area contributed by atoms with Gasteiger partial charge in [-0.3, -0.25) is 0 Å². The molecule has 0 heterocycles. The zero-order valence-corrected chi connectivity index (χ0v) is 12.5. The number of nitrogens with one attached hydrogen (secondary N) is 1. The lowest BCUT2D eigenvalue weighted by Gasteiger charge is -2.12. The number of hydrogen-bond acceptors (Lipinski definition) is 1. The fourth-order valence-corrected chi connectivity index (χ4v) is 2.35. The van der Waals surface area contributed by atoms with Crippen molar-refractivity contribution in [1.29, 1.82) is 0 Å². The van der Waals surface area contributed by atoms with Gasteiger partial charge in [-0.25, -0.2) is 0 Å². The van der Waals surface area contributed by atoms with Gasteiger partial charge in [0.1, 0.15) is 0 Å². The van der Waals surface area contributed by atoms with Gasteiger partial charge in [-0.1, -0.05) is 45.7 Å². The van der Waals surface area contributed by atoms with E-state index in [-0.39, 0.29) is 5.02 Å². The minimum absolute atomic E-state index is 0.0504. The molecule has 0 atom stereocenters. The first-order valence-electron chi connectivity index (χ1n) is 5.71. The highest BCUT2D eigenvalue weighted by molar-refractivity contribution is 9.10. The van der Waals surface area contributed by atoms with Crippen LogP contribution in [0.2, 0.25) is 5.02 Å². The quantitative estimate of drug-likeness (QED) is 0.733. The molecule has 0 saturated carbocycles. The largest absolute Gasteiger partial charge is 0.416 e. The van der Waals surface area contributed by atoms with Gasteiger partial charge in [0, 0.05) is 21.7 Å². The topological polar surface area (TPSA) is 12.0 Å². The van der Waals surface area contributed by atoms with Crippen LogP contribution >= 0.6 is 27.5 Å². The highest BCUT2D eigenvalue weighted by atomic mass is 79.9. The average Bonchev–Trinajstić information content (AvgIpc) is 2.36. The summed E-state index contributed by atoms with van der Waals surface area (Å²) in [5.74, 6) is 0. The molecule has 0 aliphatic rings. The summed E-state index contributed by atoms with van der Waals surface area (Å²) in [4.78, 5) is 0. The van der Waals surface area contributed by atoms with Crippen LogP contribution in [0.4, 0.5) is 18.9 Å². The molecule has 0 radical (unpaired) electrons. The van der Waals surface area contributed by atoms with Crippen molar-refractivity contribution in [1.82, 2.24) is 0 Å². The van der Waals surface area contributed by atoms with E-state index in [1.807, 2.05) is 24.3 Å². The van der Waals surface area contributed by atoms with E-state index in [1.54, 1.807) is 0 Å². The highest BCUT2D eigenvalue weighted by Crippen LogP contribution is 2.33. The summed E-state index contributed by atoms with van der Waals surface area (Å²) in [5, 5.41) is 2.99. The third-order valence-electron chi connectivity index (χ3n) is 2.67. The molecule has 0 amide bonds. The molecule has 0 aliphatic heterocycles. The summed E-state index contributed by atoms with van der Waals surface area (Å²) in [5.41, 5.74) is 0.515. The van der Waals surface area contributed by atoms with Crippen LogP contribution in [0.3, 0.4) is 0 Å². The van der Waals surface area contributed by atoms with Gasteiger partial charge in [0.25, 0.3) is 0 Å². The second kappa shape index (κ2) is 6.06. The lowest BCUT2D eigenvalue weighted by Crippen LogP contribution is -2.07. The van der Waals surface area contributed by atoms with Crippen LogP contribution in [0.25, 0.3) is 0 Å². The van der Waals surface area contributed by atoms with Crippen molar-refractivity contribution in [3.63, 3.8) is 0 Å². The van der Waals surface area contributed by atoms with Gasteiger partial charge >= 0.3 is 6.18 Å². The molecule has 2 aromatic carbocycles. The number of alkyl halides is 3. The molecule has 0 spiro atoms. The van der Waals surface area contributed by atoms with Crippen LogP contribution in [0.15, 0.2) is 46.9 Å². The van der Waals surface area contributed by atoms with Crippen LogP contribution in [0.5, 0.6) is 0 Å². The van der Waals surface area contributed by atoms with E-state index in [0.717, 1.165) is 22.2 Å². The van der Waals surface area contributed by atoms with E-state index in [1.165, 1.54) is 6.07 Å². The summed E-state index contributed by atoms with van der Waals surface area (Å²) in [6.45, 7) is 0.402. The monoisotopic (exact) mass is 363 g/mol. The molecule has 0 bridgehead atoms. The standard InChI is InChI=1S/C14H10BrClF3N/c15-13-4-2-1-3-9(13)8-20-12-6-10(14(17,18)19)5-11(16)7-12/h1-7,20H,8H2. The van der Waals surface area contributed by atoms with Crippen LogP contribution < -0.4 is 5.32 Å². The summed E-state index contributed by atoms with van der Waals surface area (Å²) < 4.78 is 38.9. The van der Waals surface area contributed by atoms with Crippen LogP contribution in [-0.4, -0.2) is 0 Å². The fourth-order valence-electron chi connectivity index (χ4n) is 1.69. The lowest BCUT2D eigenvalue weighted by atomic mass is 10.1. The molecule has 0 aromatic heterocycles. The van der Waals surface area contributed by atoms with Gasteiger partial charge in [-0.05, 0) is 29.8 Å². The Morgan fingerprint density at radius 1 is 1.10 bits per heavy atom. The van der Waals surface area contributed by atoms with Crippen molar-refractivity contribution < 1.29 is 13.2 Å². The Hall–Kier alpha value is -1.20. The van der Waals surface area contributed by atoms with E-state index in [9.17, 15) is 13.2 Å². The van der Waals surface area contributed by atoms with Gasteiger partial charge < -0.3 is 5.32 Å². The minimum Gasteiger partial charge on any atom is -0.381 e. The van der Waals surface area contributed by atoms with E-state index in [2.05, 4.69) is 21.2 Å². The molecule has 20 heavy (non-hydrogen) atoms. The summed E-state index contributed by atoms with van der Waals surface area (Å²) in [6.07, 6.45) is -4.41. The Kier molecular flexibility index (Phi) is 4.60. The van der Waals surface area contributed by atoms with E-state index in [4.69, 9.17) is 11.6 Å². The highest BCUT2D eigenvalue weighted by Gasteiger charge is 2.31. The number of hydrogen-bond donors (Lipinski definition) is 1. The van der Waals surface area contributed by atoms with Crippen molar-refractivity contribution in [3.8, 4) is 0 Å². The summed E-state index contributed by atoms with van der Waals surface area (Å²) >= 11 is 9.10. The van der Waals surface area contributed by atoms with Gasteiger partial charge in [-0.2, -0.15) is 13.2 Å². The SMILES string of the molecule is FC(F)(F)c1cc(Cl)cc(NCc2ccccc2Br)c1. The predicted octanol–water partition coefficient (Wildman–Crippen LogP) is 5.73. The Balaban J connectivity index is 2.18. The Morgan fingerprint density at radius 3 is 2.45 bits per heavy atom. The van der Waals surface area contributed by atoms with Crippen LogP contribution in [-0.2, 0) is 12.7 Å². The maximum Gasteiger partial charge on any atom is 0.416 e. The third kappa shape index (κ3) is 3.90. The molecule has 0 aliphatic carbocycles. The second-order valence-corrected chi connectivity index (χ2v) is 5.46. The fraction of sp³-hybridized carbons (Fsp3) is 0.143. The lowest BCUT2D eigenvalue weighted by molar-refractivity contribution is -0.137. The van der Waals surface area contributed by atoms with Crippen molar-refractivity contribution in [3.05, 3.63) is 63.1 Å². The zero-order valence-electron chi connectivity index (χ0n) is 10.1. The first-order valence-corrected chi connectivity index (χ1v) is 6.88. The Bertz CT molecular complexity index is 614. The molecule has 2 rings (SSSR count). The number of anilines is 1. The Morgan fingerprint density at radius 2 is 1.80 bits per heavy atom. The Labute approximate surface area is 127 Å². The van der Waals surface area contributed by atoms with Crippen molar-refractivity contribution >= 4 is 33.2 Å². The molecule has 0 unspecified atom stereocenters. The van der Waals surface area contributed by atoms with Crippen molar-refractivity contribution in [2.45, 2.75) is 12.7 Å². The molecular formula is C14H10BrClF3N. The average molecular weight is 365 g/mol. The van der Waals surface area contributed by atoms with E-state index < -0.39 is 11.7 Å². The minimum atomic E-state index is -4.41. The molecule has 0 fully saturated rings. The molecular weight excluding hydrogens is 355 g/mol.